The fourth-order valence-electron chi connectivity index (χ4n) is 8.65. The van der Waals surface area contributed by atoms with Crippen LogP contribution in [0.5, 0.6) is 11.5 Å². The summed E-state index contributed by atoms with van der Waals surface area (Å²) in [4.78, 5) is 20.2. The number of benzene rings is 3. The number of carbonyl (C=O) groups is 1. The summed E-state index contributed by atoms with van der Waals surface area (Å²) in [5.41, 5.74) is 16.3. The molecule has 7 rings (SSSR count). The van der Waals surface area contributed by atoms with Gasteiger partial charge in [0.2, 0.25) is 5.91 Å². The van der Waals surface area contributed by atoms with Gasteiger partial charge in [0.25, 0.3) is 0 Å². The van der Waals surface area contributed by atoms with Crippen LogP contribution in [0.3, 0.4) is 0 Å². The van der Waals surface area contributed by atoms with Crippen LogP contribution < -0.4 is 20.5 Å². The number of anilines is 1. The largest absolute Gasteiger partial charge is 0.493 e. The summed E-state index contributed by atoms with van der Waals surface area (Å²) >= 11 is 8.13. The van der Waals surface area contributed by atoms with Crippen molar-refractivity contribution in [2.75, 3.05) is 51.1 Å². The van der Waals surface area contributed by atoms with Crippen LogP contribution in [0.25, 0.3) is 10.9 Å². The number of ether oxygens (including phenoxy) is 2. The average molecular weight is 739 g/mol. The molecule has 1 aromatic heterocycles. The van der Waals surface area contributed by atoms with Crippen molar-refractivity contribution in [3.05, 3.63) is 105 Å². The van der Waals surface area contributed by atoms with E-state index >= 15 is 0 Å². The number of hydrogen-bond donors (Lipinski definition) is 2. The van der Waals surface area contributed by atoms with Crippen LogP contribution in [-0.4, -0.2) is 61.2 Å². The molecule has 3 aliphatic rings. The van der Waals surface area contributed by atoms with Crippen molar-refractivity contribution in [3.8, 4) is 11.5 Å². The van der Waals surface area contributed by atoms with E-state index in [9.17, 15) is 4.79 Å². The number of nitrogens with one attached hydrogen (secondary N) is 1. The first kappa shape index (κ1) is 36.6. The first-order valence-corrected chi connectivity index (χ1v) is 20.4. The Hall–Kier alpha value is -3.72. The van der Waals surface area contributed by atoms with Crippen molar-refractivity contribution < 1.29 is 14.3 Å². The van der Waals surface area contributed by atoms with Crippen LogP contribution >= 0.6 is 23.4 Å². The standard InChI is InChI=1S/C43H51ClN4O3S/c1-50-38-25-31-14-18-48(43(30-10-4-3-5-11-30)35(31)27-39(38)51-2)17-6-7-19-52-20-15-40(49)46-16-8-9-28-21-29-23-32(22-28)41-37(24-29)47-36-26-33(44)12-13-34(36)42(41)45/h3-5,10-13,21,25-27,29,32,43H,6-9,14-20,22-24H2,1-2H3,(H2,45,47)(H,46,49)/t29-,32-,43?/m1/s1. The molecule has 274 valence electrons. The monoisotopic (exact) mass is 738 g/mol. The highest BCUT2D eigenvalue weighted by molar-refractivity contribution is 7.99. The molecule has 9 heteroatoms. The fraction of sp³-hybridized carbons (Fsp3) is 0.442. The van der Waals surface area contributed by atoms with Gasteiger partial charge in [-0.3, -0.25) is 14.7 Å². The molecule has 4 aromatic rings. The van der Waals surface area contributed by atoms with Crippen molar-refractivity contribution >= 4 is 45.9 Å². The van der Waals surface area contributed by atoms with E-state index in [1.54, 1.807) is 14.2 Å². The molecule has 2 heterocycles. The molecule has 2 bridgehead atoms. The normalized spacial score (nSPS) is 19.4. The third kappa shape index (κ3) is 8.24. The molecule has 0 spiro atoms. The molecule has 3 aromatic carbocycles. The van der Waals surface area contributed by atoms with Crippen molar-refractivity contribution in [2.24, 2.45) is 5.92 Å². The van der Waals surface area contributed by atoms with E-state index in [2.05, 4.69) is 58.8 Å². The number of aromatic nitrogens is 1. The van der Waals surface area contributed by atoms with Crippen molar-refractivity contribution in [3.63, 3.8) is 0 Å². The van der Waals surface area contributed by atoms with Crippen LogP contribution in [0, 0.1) is 5.92 Å². The molecule has 0 saturated carbocycles. The van der Waals surface area contributed by atoms with Gasteiger partial charge in [0.05, 0.1) is 25.8 Å². The smallest absolute Gasteiger partial charge is 0.220 e. The number of nitrogens with two attached hydrogens (primary N) is 1. The molecule has 7 nitrogen and oxygen atoms in total. The molecule has 1 unspecified atom stereocenters. The Kier molecular flexibility index (Phi) is 11.9. The number of unbranched alkanes of at least 4 members (excludes halogenated alkanes) is 1. The SMILES string of the molecule is COc1cc2c(cc1OC)C(c1ccccc1)N(CCCCSCCC(=O)NCCCC1=C[C@H]3Cc4nc5cc(Cl)ccc5c(N)c4[C@H](C1)C3)CC2. The number of amides is 1. The molecule has 0 saturated heterocycles. The van der Waals surface area contributed by atoms with Crippen LogP contribution in [0.4, 0.5) is 5.69 Å². The molecule has 3 atom stereocenters. The maximum absolute atomic E-state index is 12.6. The first-order valence-electron chi connectivity index (χ1n) is 18.9. The summed E-state index contributed by atoms with van der Waals surface area (Å²) in [5, 5.41) is 4.86. The quantitative estimate of drug-likeness (QED) is 0.0930. The van der Waals surface area contributed by atoms with Crippen LogP contribution in [0.15, 0.2) is 72.3 Å². The van der Waals surface area contributed by atoms with Crippen LogP contribution in [0.1, 0.15) is 84.9 Å². The summed E-state index contributed by atoms with van der Waals surface area (Å²) in [6, 6.07) is 21.1. The van der Waals surface area contributed by atoms with Crippen molar-refractivity contribution in [1.82, 2.24) is 15.2 Å². The van der Waals surface area contributed by atoms with E-state index in [4.69, 9.17) is 31.8 Å². The molecule has 0 radical (unpaired) electrons. The third-order valence-corrected chi connectivity index (χ3v) is 12.4. The van der Waals surface area contributed by atoms with Gasteiger partial charge in [-0.2, -0.15) is 11.8 Å². The van der Waals surface area contributed by atoms with Gasteiger partial charge in [-0.1, -0.05) is 53.6 Å². The number of rotatable bonds is 15. The van der Waals surface area contributed by atoms with E-state index < -0.39 is 0 Å². The minimum Gasteiger partial charge on any atom is -0.493 e. The lowest BCUT2D eigenvalue weighted by Crippen LogP contribution is -2.37. The zero-order valence-corrected chi connectivity index (χ0v) is 32.0. The summed E-state index contributed by atoms with van der Waals surface area (Å²) in [6.45, 7) is 2.78. The number of hydrogen-bond acceptors (Lipinski definition) is 7. The van der Waals surface area contributed by atoms with Gasteiger partial charge < -0.3 is 20.5 Å². The van der Waals surface area contributed by atoms with Crippen LogP contribution in [0.2, 0.25) is 5.02 Å². The van der Waals surface area contributed by atoms with E-state index in [1.807, 2.05) is 30.0 Å². The minimum absolute atomic E-state index is 0.159. The van der Waals surface area contributed by atoms with Crippen molar-refractivity contribution in [2.45, 2.75) is 69.7 Å². The van der Waals surface area contributed by atoms with E-state index in [0.717, 1.165) is 116 Å². The topological polar surface area (TPSA) is 89.7 Å². The summed E-state index contributed by atoms with van der Waals surface area (Å²) in [6.07, 6.45) is 11.4. The molecule has 52 heavy (non-hydrogen) atoms. The number of fused-ring (bicyclic) bond motifs is 6. The third-order valence-electron chi connectivity index (χ3n) is 11.1. The summed E-state index contributed by atoms with van der Waals surface area (Å²) in [5.74, 6) is 4.60. The number of thioether (sulfide) groups is 1. The Balaban J connectivity index is 0.808. The summed E-state index contributed by atoms with van der Waals surface area (Å²) in [7, 11) is 3.41. The summed E-state index contributed by atoms with van der Waals surface area (Å²) < 4.78 is 11.3. The average Bonchev–Trinajstić information content (AvgIpc) is 3.15. The highest BCUT2D eigenvalue weighted by Crippen LogP contribution is 2.47. The Morgan fingerprint density at radius 1 is 1.02 bits per heavy atom. The van der Waals surface area contributed by atoms with Gasteiger partial charge in [-0.25, -0.2) is 0 Å². The Bertz CT molecular complexity index is 1920. The number of allylic oxidation sites excluding steroid dienone is 2. The second kappa shape index (κ2) is 17.0. The van der Waals surface area contributed by atoms with Crippen molar-refractivity contribution in [1.29, 1.82) is 0 Å². The van der Waals surface area contributed by atoms with Gasteiger partial charge in [-0.05, 0) is 123 Å². The lowest BCUT2D eigenvalue weighted by molar-refractivity contribution is -0.120. The van der Waals surface area contributed by atoms with Gasteiger partial charge in [0, 0.05) is 52.6 Å². The second-order valence-corrected chi connectivity index (χ2v) is 16.2. The zero-order chi connectivity index (χ0) is 36.0. The predicted octanol–water partition coefficient (Wildman–Crippen LogP) is 8.91. The fourth-order valence-corrected chi connectivity index (χ4v) is 9.76. The molecular weight excluding hydrogens is 688 g/mol. The number of carbonyl (C=O) groups excluding carboxylic acids is 1. The number of nitrogens with zero attached hydrogens (tertiary/aromatic N) is 2. The number of nitrogen functional groups attached to an aromatic ring is 1. The highest BCUT2D eigenvalue weighted by Gasteiger charge is 2.34. The maximum atomic E-state index is 12.6. The van der Waals surface area contributed by atoms with E-state index in [-0.39, 0.29) is 11.9 Å². The highest BCUT2D eigenvalue weighted by atomic mass is 35.5. The van der Waals surface area contributed by atoms with E-state index in [0.29, 0.717) is 23.3 Å². The number of pyridine rings is 1. The lowest BCUT2D eigenvalue weighted by atomic mass is 9.70. The Labute approximate surface area is 317 Å². The van der Waals surface area contributed by atoms with Gasteiger partial charge in [0.1, 0.15) is 0 Å². The second-order valence-electron chi connectivity index (χ2n) is 14.5. The molecule has 1 amide bonds. The van der Waals surface area contributed by atoms with E-state index in [1.165, 1.54) is 27.8 Å². The number of methoxy groups -OCH3 is 2. The Morgan fingerprint density at radius 3 is 2.67 bits per heavy atom. The minimum atomic E-state index is 0.159. The van der Waals surface area contributed by atoms with Gasteiger partial charge >= 0.3 is 0 Å². The zero-order valence-electron chi connectivity index (χ0n) is 30.5. The maximum Gasteiger partial charge on any atom is 0.220 e. The number of halogens is 1. The molecule has 3 N–H and O–H groups in total. The molecule has 1 aliphatic heterocycles. The molecular formula is C43H51ClN4O3S. The predicted molar refractivity (Wildman–Crippen MR) is 215 cm³/mol. The lowest BCUT2D eigenvalue weighted by Gasteiger charge is -2.38. The first-order chi connectivity index (χ1) is 25.4. The Morgan fingerprint density at radius 2 is 1.85 bits per heavy atom. The molecule has 2 aliphatic carbocycles. The molecule has 0 fully saturated rings. The van der Waals surface area contributed by atoms with Gasteiger partial charge in [-0.15, -0.1) is 0 Å². The van der Waals surface area contributed by atoms with Crippen LogP contribution in [-0.2, 0) is 17.6 Å². The van der Waals surface area contributed by atoms with Gasteiger partial charge in [0.15, 0.2) is 11.5 Å².